The Hall–Kier alpha value is -1.90. The molecule has 5 nitrogen and oxygen atoms in total. The van der Waals surface area contributed by atoms with Gasteiger partial charge in [-0.2, -0.15) is 0 Å². The first kappa shape index (κ1) is 15.5. The van der Waals surface area contributed by atoms with Crippen molar-refractivity contribution in [1.82, 2.24) is 10.3 Å². The molecular formula is C16H20N2O3. The monoisotopic (exact) mass is 288 g/mol. The molecule has 2 unspecified atom stereocenters. The highest BCUT2D eigenvalue weighted by molar-refractivity contribution is 5.96. The van der Waals surface area contributed by atoms with E-state index in [1.807, 2.05) is 0 Å². The first-order chi connectivity index (χ1) is 10.0. The number of aliphatic hydroxyl groups is 1. The Labute approximate surface area is 124 Å². The van der Waals surface area contributed by atoms with E-state index < -0.39 is 0 Å². The Bertz CT molecular complexity index is 587. The van der Waals surface area contributed by atoms with E-state index in [1.165, 1.54) is 6.20 Å². The van der Waals surface area contributed by atoms with Gasteiger partial charge in [-0.3, -0.25) is 9.78 Å². The zero-order chi connectivity index (χ0) is 15.5. The summed E-state index contributed by atoms with van der Waals surface area (Å²) in [6.07, 6.45) is 4.05. The third-order valence-electron chi connectivity index (χ3n) is 4.14. The molecule has 2 atom stereocenters. The van der Waals surface area contributed by atoms with Crippen LogP contribution in [0.3, 0.4) is 0 Å². The van der Waals surface area contributed by atoms with Gasteiger partial charge in [0.1, 0.15) is 6.61 Å². The number of aromatic nitrogens is 1. The molecular weight excluding hydrogens is 268 g/mol. The van der Waals surface area contributed by atoms with E-state index in [4.69, 9.17) is 9.84 Å². The quantitative estimate of drug-likeness (QED) is 0.813. The average molecular weight is 288 g/mol. The third kappa shape index (κ3) is 3.07. The lowest BCUT2D eigenvalue weighted by atomic mass is 9.64. The van der Waals surface area contributed by atoms with Crippen LogP contribution in [0.1, 0.15) is 36.2 Å². The number of hydrogen-bond donors (Lipinski definition) is 2. The molecule has 112 valence electrons. The lowest BCUT2D eigenvalue weighted by Gasteiger charge is -2.51. The van der Waals surface area contributed by atoms with Gasteiger partial charge in [-0.1, -0.05) is 25.7 Å². The van der Waals surface area contributed by atoms with Crippen LogP contribution >= 0.6 is 0 Å². The van der Waals surface area contributed by atoms with Crippen molar-refractivity contribution in [2.45, 2.75) is 32.4 Å². The van der Waals surface area contributed by atoms with Crippen molar-refractivity contribution in [3.05, 3.63) is 29.6 Å². The Kier molecular flexibility index (Phi) is 4.61. The molecule has 21 heavy (non-hydrogen) atoms. The van der Waals surface area contributed by atoms with Gasteiger partial charge < -0.3 is 15.2 Å². The molecule has 1 aromatic rings. The predicted molar refractivity (Wildman–Crippen MR) is 78.7 cm³/mol. The second-order valence-corrected chi connectivity index (χ2v) is 5.69. The summed E-state index contributed by atoms with van der Waals surface area (Å²) in [6, 6.07) is 1.71. The molecule has 2 rings (SSSR count). The van der Waals surface area contributed by atoms with Crippen molar-refractivity contribution in [2.24, 2.45) is 5.41 Å². The van der Waals surface area contributed by atoms with E-state index in [2.05, 4.69) is 36.0 Å². The summed E-state index contributed by atoms with van der Waals surface area (Å²) >= 11 is 0. The summed E-state index contributed by atoms with van der Waals surface area (Å²) in [6.45, 7) is 3.91. The molecule has 0 saturated heterocycles. The van der Waals surface area contributed by atoms with E-state index in [0.29, 0.717) is 11.1 Å². The minimum atomic E-state index is -0.249. The smallest absolute Gasteiger partial charge is 0.252 e. The number of ether oxygens (including phenoxy) is 1. The van der Waals surface area contributed by atoms with Gasteiger partial charge in [-0.25, -0.2) is 0 Å². The van der Waals surface area contributed by atoms with Crippen molar-refractivity contribution >= 4 is 5.91 Å². The molecule has 1 fully saturated rings. The van der Waals surface area contributed by atoms with E-state index in [1.54, 1.807) is 19.4 Å². The number of aliphatic hydroxyl groups excluding tert-OH is 1. The first-order valence-corrected chi connectivity index (χ1v) is 6.88. The van der Waals surface area contributed by atoms with Crippen LogP contribution in [0.2, 0.25) is 0 Å². The molecule has 0 aliphatic heterocycles. The first-order valence-electron chi connectivity index (χ1n) is 6.88. The fraction of sp³-hybridized carbons (Fsp3) is 0.500. The molecule has 1 heterocycles. The number of pyridine rings is 1. The van der Waals surface area contributed by atoms with Crippen LogP contribution in [-0.4, -0.2) is 41.9 Å². The van der Waals surface area contributed by atoms with Gasteiger partial charge in [-0.15, -0.1) is 0 Å². The maximum Gasteiger partial charge on any atom is 0.252 e. The summed E-state index contributed by atoms with van der Waals surface area (Å²) in [7, 11) is 1.69. The molecule has 5 heteroatoms. The van der Waals surface area contributed by atoms with Gasteiger partial charge >= 0.3 is 0 Å². The third-order valence-corrected chi connectivity index (χ3v) is 4.14. The minimum Gasteiger partial charge on any atom is -0.384 e. The summed E-state index contributed by atoms with van der Waals surface area (Å²) < 4.78 is 5.38. The van der Waals surface area contributed by atoms with E-state index >= 15 is 0 Å². The highest BCUT2D eigenvalue weighted by Crippen LogP contribution is 2.42. The molecule has 0 bridgehead atoms. The lowest BCUT2D eigenvalue weighted by molar-refractivity contribution is -0.0942. The minimum absolute atomic E-state index is 0.0711. The second-order valence-electron chi connectivity index (χ2n) is 5.69. The fourth-order valence-corrected chi connectivity index (χ4v) is 2.59. The SMILES string of the molecule is COC1CC(NC(=O)c2ccncc2C#CCO)C1(C)C. The fourth-order valence-electron chi connectivity index (χ4n) is 2.59. The summed E-state index contributed by atoms with van der Waals surface area (Å²) in [5.41, 5.74) is 0.904. The predicted octanol–water partition coefficient (Wildman–Crippen LogP) is 0.969. The van der Waals surface area contributed by atoms with Crippen LogP contribution in [-0.2, 0) is 4.74 Å². The van der Waals surface area contributed by atoms with Gasteiger partial charge in [0, 0.05) is 31.0 Å². The molecule has 0 radical (unpaired) electrons. The van der Waals surface area contributed by atoms with Crippen molar-refractivity contribution in [3.8, 4) is 11.8 Å². The molecule has 0 aromatic carbocycles. The molecule has 1 aromatic heterocycles. The van der Waals surface area contributed by atoms with Gasteiger partial charge in [0.05, 0.1) is 17.2 Å². The Balaban J connectivity index is 2.12. The van der Waals surface area contributed by atoms with Crippen molar-refractivity contribution < 1.29 is 14.6 Å². The van der Waals surface area contributed by atoms with Crippen molar-refractivity contribution in [2.75, 3.05) is 13.7 Å². The molecule has 0 spiro atoms. The molecule has 1 saturated carbocycles. The topological polar surface area (TPSA) is 71.5 Å². The van der Waals surface area contributed by atoms with Crippen LogP contribution in [0.15, 0.2) is 18.5 Å². The number of methoxy groups -OCH3 is 1. The van der Waals surface area contributed by atoms with Crippen LogP contribution < -0.4 is 5.32 Å². The zero-order valence-electron chi connectivity index (χ0n) is 12.5. The molecule has 1 amide bonds. The standard InChI is InChI=1S/C16H20N2O3/c1-16(2)13(9-14(16)21-3)18-15(20)12-6-7-17-10-11(12)5-4-8-19/h6-7,10,13-14,19H,8-9H2,1-3H3,(H,18,20). The number of rotatable bonds is 3. The maximum absolute atomic E-state index is 12.4. The lowest BCUT2D eigenvalue weighted by Crippen LogP contribution is -2.61. The largest absolute Gasteiger partial charge is 0.384 e. The molecule has 2 N–H and O–H groups in total. The normalized spacial score (nSPS) is 22.7. The highest BCUT2D eigenvalue weighted by atomic mass is 16.5. The number of hydrogen-bond acceptors (Lipinski definition) is 4. The number of nitrogens with zero attached hydrogens (tertiary/aromatic N) is 1. The summed E-state index contributed by atoms with van der Waals surface area (Å²) in [4.78, 5) is 16.4. The molecule has 1 aliphatic rings. The molecule has 1 aliphatic carbocycles. The number of carbonyl (C=O) groups excluding carboxylic acids is 1. The highest BCUT2D eigenvalue weighted by Gasteiger charge is 2.49. The Morgan fingerprint density at radius 2 is 2.38 bits per heavy atom. The van der Waals surface area contributed by atoms with Crippen molar-refractivity contribution in [1.29, 1.82) is 0 Å². The van der Waals surface area contributed by atoms with Gasteiger partial charge in [-0.05, 0) is 12.5 Å². The Morgan fingerprint density at radius 3 is 3.00 bits per heavy atom. The van der Waals surface area contributed by atoms with Crippen molar-refractivity contribution in [3.63, 3.8) is 0 Å². The number of amides is 1. The van der Waals surface area contributed by atoms with E-state index in [9.17, 15) is 4.79 Å². The van der Waals surface area contributed by atoms with Crippen LogP contribution in [0.25, 0.3) is 0 Å². The van der Waals surface area contributed by atoms with Gasteiger partial charge in [0.15, 0.2) is 0 Å². The number of carbonyl (C=O) groups is 1. The average Bonchev–Trinajstić information content (AvgIpc) is 2.48. The van der Waals surface area contributed by atoms with Crippen LogP contribution in [0, 0.1) is 17.3 Å². The van der Waals surface area contributed by atoms with Crippen LogP contribution in [0.5, 0.6) is 0 Å². The number of nitrogens with one attached hydrogen (secondary N) is 1. The Morgan fingerprint density at radius 1 is 1.62 bits per heavy atom. The van der Waals surface area contributed by atoms with Gasteiger partial charge in [0.25, 0.3) is 5.91 Å². The summed E-state index contributed by atoms with van der Waals surface area (Å²) in [5, 5.41) is 11.8. The van der Waals surface area contributed by atoms with E-state index in [0.717, 1.165) is 6.42 Å². The summed E-state index contributed by atoms with van der Waals surface area (Å²) in [5.74, 6) is 5.11. The van der Waals surface area contributed by atoms with Crippen LogP contribution in [0.4, 0.5) is 0 Å². The second kappa shape index (κ2) is 6.25. The van der Waals surface area contributed by atoms with E-state index in [-0.39, 0.29) is 30.1 Å². The van der Waals surface area contributed by atoms with Gasteiger partial charge in [0.2, 0.25) is 0 Å². The zero-order valence-corrected chi connectivity index (χ0v) is 12.5. The maximum atomic E-state index is 12.4.